The van der Waals surface area contributed by atoms with Crippen LogP contribution in [0.1, 0.15) is 19.4 Å². The van der Waals surface area contributed by atoms with Gasteiger partial charge in [0.2, 0.25) is 0 Å². The van der Waals surface area contributed by atoms with Crippen LogP contribution in [0.5, 0.6) is 0 Å². The van der Waals surface area contributed by atoms with Crippen LogP contribution in [0.2, 0.25) is 0 Å². The molecule has 2 rings (SSSR count). The Morgan fingerprint density at radius 2 is 2.00 bits per heavy atom. The van der Waals surface area contributed by atoms with Crippen molar-refractivity contribution in [1.29, 1.82) is 0 Å². The summed E-state index contributed by atoms with van der Waals surface area (Å²) >= 11 is 0. The molecule has 1 unspecified atom stereocenters. The summed E-state index contributed by atoms with van der Waals surface area (Å²) < 4.78 is 1.98. The molecular weight excluding hydrogens is 198 g/mol. The van der Waals surface area contributed by atoms with Crippen molar-refractivity contribution >= 4 is 0 Å². The van der Waals surface area contributed by atoms with Crippen LogP contribution in [0, 0.1) is 0 Å². The SMILES string of the molecule is CC(CCN)n1ccc(-c2ccccc2)n1. The van der Waals surface area contributed by atoms with Gasteiger partial charge >= 0.3 is 0 Å². The molecule has 16 heavy (non-hydrogen) atoms. The third kappa shape index (κ3) is 2.31. The summed E-state index contributed by atoms with van der Waals surface area (Å²) in [7, 11) is 0. The lowest BCUT2D eigenvalue weighted by atomic mass is 10.2. The fraction of sp³-hybridized carbons (Fsp3) is 0.308. The molecular formula is C13H17N3. The second kappa shape index (κ2) is 4.94. The minimum atomic E-state index is 0.363. The highest BCUT2D eigenvalue weighted by molar-refractivity contribution is 5.57. The van der Waals surface area contributed by atoms with Crippen molar-refractivity contribution in [3.63, 3.8) is 0 Å². The molecule has 0 aliphatic rings. The van der Waals surface area contributed by atoms with Crippen LogP contribution in [0.3, 0.4) is 0 Å². The molecule has 0 spiro atoms. The lowest BCUT2D eigenvalue weighted by Gasteiger charge is -2.09. The van der Waals surface area contributed by atoms with E-state index in [-0.39, 0.29) is 0 Å². The van der Waals surface area contributed by atoms with Gasteiger partial charge in [-0.25, -0.2) is 0 Å². The van der Waals surface area contributed by atoms with Gasteiger partial charge in [0.25, 0.3) is 0 Å². The van der Waals surface area contributed by atoms with Gasteiger partial charge in [0.1, 0.15) is 0 Å². The molecule has 1 aromatic heterocycles. The molecule has 2 aromatic rings. The van der Waals surface area contributed by atoms with E-state index in [1.165, 1.54) is 0 Å². The summed E-state index contributed by atoms with van der Waals surface area (Å²) in [6, 6.07) is 12.6. The Morgan fingerprint density at radius 1 is 1.25 bits per heavy atom. The van der Waals surface area contributed by atoms with Gasteiger partial charge in [-0.2, -0.15) is 5.10 Å². The molecule has 0 amide bonds. The molecule has 3 heteroatoms. The first kappa shape index (κ1) is 10.9. The predicted molar refractivity (Wildman–Crippen MR) is 66.0 cm³/mol. The molecule has 0 fully saturated rings. The maximum absolute atomic E-state index is 5.54. The Morgan fingerprint density at radius 3 is 2.69 bits per heavy atom. The normalized spacial score (nSPS) is 12.6. The highest BCUT2D eigenvalue weighted by atomic mass is 15.3. The van der Waals surface area contributed by atoms with Crippen molar-refractivity contribution in [3.8, 4) is 11.3 Å². The predicted octanol–water partition coefficient (Wildman–Crippen LogP) is 2.46. The number of hydrogen-bond acceptors (Lipinski definition) is 2. The van der Waals surface area contributed by atoms with Crippen molar-refractivity contribution in [1.82, 2.24) is 9.78 Å². The number of benzene rings is 1. The quantitative estimate of drug-likeness (QED) is 0.851. The van der Waals surface area contributed by atoms with Crippen LogP contribution < -0.4 is 5.73 Å². The van der Waals surface area contributed by atoms with Gasteiger partial charge < -0.3 is 5.73 Å². The van der Waals surface area contributed by atoms with Crippen molar-refractivity contribution in [2.45, 2.75) is 19.4 Å². The highest BCUT2D eigenvalue weighted by Gasteiger charge is 2.06. The Kier molecular flexibility index (Phi) is 3.37. The van der Waals surface area contributed by atoms with E-state index in [1.807, 2.05) is 35.1 Å². The Labute approximate surface area is 95.9 Å². The average molecular weight is 215 g/mol. The number of nitrogens with two attached hydrogens (primary N) is 1. The summed E-state index contributed by atoms with van der Waals surface area (Å²) in [5.74, 6) is 0. The van der Waals surface area contributed by atoms with Crippen LogP contribution in [-0.2, 0) is 0 Å². The second-order valence-electron chi connectivity index (χ2n) is 3.97. The summed E-state index contributed by atoms with van der Waals surface area (Å²) in [6.45, 7) is 2.83. The lowest BCUT2D eigenvalue weighted by molar-refractivity contribution is 0.466. The standard InChI is InChI=1S/C13H17N3/c1-11(7-9-14)16-10-8-13(15-16)12-5-3-2-4-6-12/h2-6,8,10-11H,7,9,14H2,1H3. The van der Waals surface area contributed by atoms with Gasteiger partial charge in [-0.3, -0.25) is 4.68 Å². The molecule has 1 aromatic carbocycles. The van der Waals surface area contributed by atoms with Crippen LogP contribution in [-0.4, -0.2) is 16.3 Å². The zero-order chi connectivity index (χ0) is 11.4. The van der Waals surface area contributed by atoms with Crippen LogP contribution >= 0.6 is 0 Å². The summed E-state index contributed by atoms with van der Waals surface area (Å²) in [5.41, 5.74) is 7.72. The summed E-state index contributed by atoms with van der Waals surface area (Å²) in [4.78, 5) is 0. The smallest absolute Gasteiger partial charge is 0.0923 e. The average Bonchev–Trinajstić information content (AvgIpc) is 2.80. The van der Waals surface area contributed by atoms with Crippen LogP contribution in [0.4, 0.5) is 0 Å². The van der Waals surface area contributed by atoms with E-state index >= 15 is 0 Å². The Hall–Kier alpha value is -1.61. The van der Waals surface area contributed by atoms with Gasteiger partial charge in [-0.15, -0.1) is 0 Å². The third-order valence-electron chi connectivity index (χ3n) is 2.71. The molecule has 0 saturated heterocycles. The number of hydrogen-bond donors (Lipinski definition) is 1. The molecule has 1 atom stereocenters. The monoisotopic (exact) mass is 215 g/mol. The lowest BCUT2D eigenvalue weighted by Crippen LogP contribution is -2.11. The van der Waals surface area contributed by atoms with Crippen molar-refractivity contribution in [2.75, 3.05) is 6.54 Å². The molecule has 84 valence electrons. The van der Waals surface area contributed by atoms with Gasteiger partial charge in [-0.05, 0) is 26.0 Å². The molecule has 0 aliphatic carbocycles. The van der Waals surface area contributed by atoms with Gasteiger partial charge in [0.05, 0.1) is 11.7 Å². The maximum atomic E-state index is 5.54. The largest absolute Gasteiger partial charge is 0.330 e. The zero-order valence-electron chi connectivity index (χ0n) is 9.50. The van der Waals surface area contributed by atoms with E-state index in [0.29, 0.717) is 12.6 Å². The van der Waals surface area contributed by atoms with Crippen LogP contribution in [0.15, 0.2) is 42.6 Å². The summed E-state index contributed by atoms with van der Waals surface area (Å²) in [5, 5.41) is 4.56. The fourth-order valence-corrected chi connectivity index (χ4v) is 1.72. The molecule has 1 heterocycles. The van der Waals surface area contributed by atoms with Crippen LogP contribution in [0.25, 0.3) is 11.3 Å². The molecule has 0 aliphatic heterocycles. The zero-order valence-corrected chi connectivity index (χ0v) is 9.50. The first-order valence-corrected chi connectivity index (χ1v) is 5.62. The van der Waals surface area contributed by atoms with Gasteiger partial charge in [0, 0.05) is 11.8 Å². The van der Waals surface area contributed by atoms with Gasteiger partial charge in [-0.1, -0.05) is 30.3 Å². The third-order valence-corrected chi connectivity index (χ3v) is 2.71. The van der Waals surface area contributed by atoms with E-state index in [2.05, 4.69) is 24.2 Å². The number of nitrogens with zero attached hydrogens (tertiary/aromatic N) is 2. The van der Waals surface area contributed by atoms with E-state index in [4.69, 9.17) is 5.73 Å². The van der Waals surface area contributed by atoms with E-state index in [1.54, 1.807) is 0 Å². The number of aromatic nitrogens is 2. The minimum Gasteiger partial charge on any atom is -0.330 e. The van der Waals surface area contributed by atoms with E-state index in [0.717, 1.165) is 17.7 Å². The minimum absolute atomic E-state index is 0.363. The molecule has 3 nitrogen and oxygen atoms in total. The molecule has 0 saturated carbocycles. The molecule has 2 N–H and O–H groups in total. The fourth-order valence-electron chi connectivity index (χ4n) is 1.72. The van der Waals surface area contributed by atoms with Crippen molar-refractivity contribution < 1.29 is 0 Å². The first-order chi connectivity index (χ1) is 7.81. The van der Waals surface area contributed by atoms with E-state index < -0.39 is 0 Å². The Balaban J connectivity index is 2.20. The highest BCUT2D eigenvalue weighted by Crippen LogP contribution is 2.18. The Bertz CT molecular complexity index is 433. The van der Waals surface area contributed by atoms with E-state index in [9.17, 15) is 0 Å². The molecule has 0 bridgehead atoms. The second-order valence-corrected chi connectivity index (χ2v) is 3.97. The van der Waals surface area contributed by atoms with Gasteiger partial charge in [0.15, 0.2) is 0 Å². The topological polar surface area (TPSA) is 43.8 Å². The number of rotatable bonds is 4. The maximum Gasteiger partial charge on any atom is 0.0923 e. The van der Waals surface area contributed by atoms with Crippen molar-refractivity contribution in [2.24, 2.45) is 5.73 Å². The first-order valence-electron chi connectivity index (χ1n) is 5.62. The molecule has 0 radical (unpaired) electrons. The summed E-state index contributed by atoms with van der Waals surface area (Å²) in [6.07, 6.45) is 2.97. The van der Waals surface area contributed by atoms with Crippen molar-refractivity contribution in [3.05, 3.63) is 42.6 Å².